The predicted molar refractivity (Wildman–Crippen MR) is 116 cm³/mol. The molecule has 1 aliphatic heterocycles. The summed E-state index contributed by atoms with van der Waals surface area (Å²) in [6.07, 6.45) is 3.00. The van der Waals surface area contributed by atoms with E-state index in [1.807, 2.05) is 0 Å². The highest BCUT2D eigenvalue weighted by Gasteiger charge is 2.33. The van der Waals surface area contributed by atoms with Gasteiger partial charge >= 0.3 is 5.97 Å². The van der Waals surface area contributed by atoms with E-state index in [9.17, 15) is 15.2 Å². The number of aromatic hydroxyl groups is 1. The molecule has 0 saturated carbocycles. The first kappa shape index (κ1) is 20.8. The zero-order chi connectivity index (χ0) is 22.7. The molecule has 1 atom stereocenters. The minimum Gasteiger partial charge on any atom is -0.507 e. The van der Waals surface area contributed by atoms with E-state index in [2.05, 4.69) is 11.1 Å². The molecule has 3 aromatic rings. The first-order valence-corrected chi connectivity index (χ1v) is 9.81. The third-order valence-corrected chi connectivity index (χ3v) is 4.92. The molecule has 0 fully saturated rings. The second kappa shape index (κ2) is 8.70. The van der Waals surface area contributed by atoms with E-state index in [1.54, 1.807) is 49.4 Å². The number of aliphatic imine (C=N–C) groups is 1. The Balaban J connectivity index is 1.67. The number of rotatable bonds is 5. The molecule has 1 aromatic heterocycles. The Morgan fingerprint density at radius 2 is 2.09 bits per heavy atom. The molecule has 8 heteroatoms. The number of benzene rings is 2. The van der Waals surface area contributed by atoms with Gasteiger partial charge in [-0.15, -0.1) is 0 Å². The fraction of sp³-hybridized carbons (Fsp3) is 0.125. The quantitative estimate of drug-likeness (QED) is 0.460. The molecule has 32 heavy (non-hydrogen) atoms. The summed E-state index contributed by atoms with van der Waals surface area (Å²) < 4.78 is 16.1. The number of fused-ring (bicyclic) bond motifs is 1. The number of furan rings is 1. The van der Waals surface area contributed by atoms with Gasteiger partial charge in [0.05, 0.1) is 30.0 Å². The summed E-state index contributed by atoms with van der Waals surface area (Å²) in [5, 5.41) is 20.1. The highest BCUT2D eigenvalue weighted by molar-refractivity contribution is 5.90. The Labute approximate surface area is 183 Å². The molecule has 0 saturated heterocycles. The van der Waals surface area contributed by atoms with E-state index in [0.717, 1.165) is 0 Å². The van der Waals surface area contributed by atoms with Gasteiger partial charge in [-0.3, -0.25) is 4.99 Å². The van der Waals surface area contributed by atoms with Gasteiger partial charge in [0.25, 0.3) is 0 Å². The molecule has 0 amide bonds. The van der Waals surface area contributed by atoms with Crippen molar-refractivity contribution in [2.24, 2.45) is 10.7 Å². The van der Waals surface area contributed by atoms with Gasteiger partial charge < -0.3 is 24.7 Å². The van der Waals surface area contributed by atoms with Crippen LogP contribution in [-0.4, -0.2) is 23.9 Å². The van der Waals surface area contributed by atoms with Gasteiger partial charge in [-0.25, -0.2) is 4.79 Å². The predicted octanol–water partition coefficient (Wildman–Crippen LogP) is 4.13. The number of phenolic OH excluding ortho intramolecular Hbond substituents is 1. The number of nitrogens with two attached hydrogens (primary N) is 1. The fourth-order valence-corrected chi connectivity index (χ4v) is 3.40. The van der Waals surface area contributed by atoms with Gasteiger partial charge in [-0.1, -0.05) is 0 Å². The SMILES string of the molecule is CCOC(=O)c1ccc(N=Cc2cc3c(cc2O)OC(N)=C(C#N)[C@@H]3c2ccco2)cc1. The summed E-state index contributed by atoms with van der Waals surface area (Å²) in [6.45, 7) is 2.04. The number of hydrogen-bond acceptors (Lipinski definition) is 8. The number of carbonyl (C=O) groups excluding carboxylic acids is 1. The molecule has 0 spiro atoms. The van der Waals surface area contributed by atoms with Crippen molar-refractivity contribution in [3.05, 3.63) is 88.7 Å². The summed E-state index contributed by atoms with van der Waals surface area (Å²) in [5.41, 5.74) is 8.18. The number of nitriles is 1. The fourth-order valence-electron chi connectivity index (χ4n) is 3.40. The van der Waals surface area contributed by atoms with Crippen molar-refractivity contribution in [1.29, 1.82) is 5.26 Å². The van der Waals surface area contributed by atoms with Crippen LogP contribution < -0.4 is 10.5 Å². The van der Waals surface area contributed by atoms with Crippen LogP contribution in [0.5, 0.6) is 11.5 Å². The monoisotopic (exact) mass is 429 g/mol. The van der Waals surface area contributed by atoms with Crippen molar-refractivity contribution in [2.45, 2.75) is 12.8 Å². The molecule has 4 rings (SSSR count). The smallest absolute Gasteiger partial charge is 0.338 e. The summed E-state index contributed by atoms with van der Waals surface area (Å²) in [4.78, 5) is 16.1. The number of carbonyl (C=O) groups is 1. The van der Waals surface area contributed by atoms with Crippen LogP contribution in [0.25, 0.3) is 0 Å². The van der Waals surface area contributed by atoms with Crippen LogP contribution in [0.3, 0.4) is 0 Å². The molecule has 2 aromatic carbocycles. The van der Waals surface area contributed by atoms with Crippen LogP contribution in [0.2, 0.25) is 0 Å². The molecular weight excluding hydrogens is 410 g/mol. The van der Waals surface area contributed by atoms with Crippen molar-refractivity contribution in [3.8, 4) is 17.6 Å². The third kappa shape index (κ3) is 3.91. The second-order valence-corrected chi connectivity index (χ2v) is 6.91. The van der Waals surface area contributed by atoms with Crippen molar-refractivity contribution in [3.63, 3.8) is 0 Å². The Hall–Kier alpha value is -4.51. The number of phenols is 1. The van der Waals surface area contributed by atoms with Crippen LogP contribution in [0.1, 0.15) is 40.1 Å². The molecule has 3 N–H and O–H groups in total. The van der Waals surface area contributed by atoms with Crippen LogP contribution >= 0.6 is 0 Å². The Bertz CT molecular complexity index is 1250. The van der Waals surface area contributed by atoms with Crippen LogP contribution in [0.15, 0.2) is 75.7 Å². The Morgan fingerprint density at radius 1 is 1.31 bits per heavy atom. The van der Waals surface area contributed by atoms with Crippen molar-refractivity contribution in [2.75, 3.05) is 6.61 Å². The topological polar surface area (TPSA) is 131 Å². The van der Waals surface area contributed by atoms with E-state index in [4.69, 9.17) is 19.6 Å². The number of allylic oxidation sites excluding steroid dienone is 1. The minimum atomic E-state index is -0.574. The summed E-state index contributed by atoms with van der Waals surface area (Å²) in [5.74, 6) is -0.227. The lowest BCUT2D eigenvalue weighted by molar-refractivity contribution is 0.0526. The molecule has 0 aliphatic carbocycles. The van der Waals surface area contributed by atoms with E-state index >= 15 is 0 Å². The first-order chi connectivity index (χ1) is 15.5. The Morgan fingerprint density at radius 3 is 2.75 bits per heavy atom. The van der Waals surface area contributed by atoms with E-state index in [0.29, 0.717) is 40.5 Å². The lowest BCUT2D eigenvalue weighted by Crippen LogP contribution is -2.21. The zero-order valence-electron chi connectivity index (χ0n) is 17.1. The average Bonchev–Trinajstić information content (AvgIpc) is 3.32. The lowest BCUT2D eigenvalue weighted by atomic mass is 9.86. The van der Waals surface area contributed by atoms with Gasteiger partial charge in [0, 0.05) is 23.4 Å². The number of nitrogens with zero attached hydrogens (tertiary/aromatic N) is 2. The molecule has 0 bridgehead atoms. The van der Waals surface area contributed by atoms with E-state index < -0.39 is 11.9 Å². The maximum absolute atomic E-state index is 11.8. The van der Waals surface area contributed by atoms with Crippen molar-refractivity contribution < 1.29 is 23.8 Å². The number of esters is 1. The Kier molecular flexibility index (Phi) is 5.64. The summed E-state index contributed by atoms with van der Waals surface area (Å²) >= 11 is 0. The lowest BCUT2D eigenvalue weighted by Gasteiger charge is -2.25. The van der Waals surface area contributed by atoms with E-state index in [1.165, 1.54) is 18.5 Å². The molecule has 0 unspecified atom stereocenters. The molecular formula is C24H19N3O5. The minimum absolute atomic E-state index is 0.0380. The summed E-state index contributed by atoms with van der Waals surface area (Å²) in [7, 11) is 0. The molecule has 2 heterocycles. The van der Waals surface area contributed by atoms with Crippen LogP contribution in [0, 0.1) is 11.3 Å². The average molecular weight is 429 g/mol. The van der Waals surface area contributed by atoms with Gasteiger partial charge in [0.15, 0.2) is 0 Å². The van der Waals surface area contributed by atoms with Crippen LogP contribution in [0.4, 0.5) is 5.69 Å². The summed E-state index contributed by atoms with van der Waals surface area (Å²) in [6, 6.07) is 15.2. The highest BCUT2D eigenvalue weighted by Crippen LogP contribution is 2.44. The van der Waals surface area contributed by atoms with E-state index in [-0.39, 0.29) is 17.2 Å². The van der Waals surface area contributed by atoms with Crippen molar-refractivity contribution >= 4 is 17.9 Å². The standard InChI is InChI=1S/C24H19N3O5/c1-2-30-24(29)14-5-7-16(8-6-14)27-13-15-10-17-21(11-19(15)28)32-23(26)18(12-25)22(17)20-4-3-9-31-20/h3-11,13,22,28H,2,26H2,1H3/t22-/m1/s1. The number of hydrogen-bond donors (Lipinski definition) is 2. The normalized spacial score (nSPS) is 15.2. The molecule has 8 nitrogen and oxygen atoms in total. The van der Waals surface area contributed by atoms with Gasteiger partial charge in [-0.05, 0) is 49.4 Å². The zero-order valence-corrected chi connectivity index (χ0v) is 17.1. The van der Waals surface area contributed by atoms with Gasteiger partial charge in [-0.2, -0.15) is 5.26 Å². The molecule has 1 aliphatic rings. The first-order valence-electron chi connectivity index (χ1n) is 9.81. The molecule has 160 valence electrons. The maximum atomic E-state index is 11.8. The van der Waals surface area contributed by atoms with Crippen LogP contribution in [-0.2, 0) is 4.74 Å². The third-order valence-electron chi connectivity index (χ3n) is 4.92. The largest absolute Gasteiger partial charge is 0.507 e. The number of ether oxygens (including phenoxy) is 2. The second-order valence-electron chi connectivity index (χ2n) is 6.91. The van der Waals surface area contributed by atoms with Gasteiger partial charge in [0.1, 0.15) is 28.9 Å². The maximum Gasteiger partial charge on any atom is 0.338 e. The molecule has 0 radical (unpaired) electrons. The van der Waals surface area contributed by atoms with Crippen molar-refractivity contribution in [1.82, 2.24) is 0 Å². The van der Waals surface area contributed by atoms with Gasteiger partial charge in [0.2, 0.25) is 5.88 Å². The highest BCUT2D eigenvalue weighted by atomic mass is 16.5.